The molecule has 1 atom stereocenters. The van der Waals surface area contributed by atoms with E-state index in [0.29, 0.717) is 19.1 Å². The molecule has 1 aromatic carbocycles. The summed E-state index contributed by atoms with van der Waals surface area (Å²) in [7, 11) is 0. The van der Waals surface area contributed by atoms with Crippen molar-refractivity contribution in [1.29, 1.82) is 0 Å². The fourth-order valence-electron chi connectivity index (χ4n) is 4.00. The predicted octanol–water partition coefficient (Wildman–Crippen LogP) is 3.87. The third kappa shape index (κ3) is 2.58. The molecule has 1 fully saturated rings. The lowest BCUT2D eigenvalue weighted by atomic mass is 9.87. The molecular weight excluding hydrogens is 302 g/mol. The molecule has 0 saturated heterocycles. The molecular formula is C19H23N3O2. The zero-order valence-corrected chi connectivity index (χ0v) is 14.0. The van der Waals surface area contributed by atoms with Crippen molar-refractivity contribution in [3.05, 3.63) is 41.6 Å². The van der Waals surface area contributed by atoms with Crippen molar-refractivity contribution < 1.29 is 9.53 Å². The number of aromatic nitrogens is 2. The van der Waals surface area contributed by atoms with Gasteiger partial charge in [-0.1, -0.05) is 31.0 Å². The molecule has 1 aliphatic heterocycles. The van der Waals surface area contributed by atoms with Gasteiger partial charge in [-0.25, -0.2) is 4.68 Å². The number of fused-ring (bicyclic) bond motifs is 1. The first-order valence-electron chi connectivity index (χ1n) is 8.87. The summed E-state index contributed by atoms with van der Waals surface area (Å²) in [4.78, 5) is 12.4. The van der Waals surface area contributed by atoms with Crippen LogP contribution >= 0.6 is 0 Å². The van der Waals surface area contributed by atoms with Crippen LogP contribution in [-0.2, 0) is 4.79 Å². The average molecular weight is 325 g/mol. The Bertz CT molecular complexity index is 747. The lowest BCUT2D eigenvalue weighted by molar-refractivity contribution is -0.116. The van der Waals surface area contributed by atoms with Gasteiger partial charge in [-0.3, -0.25) is 4.79 Å². The Morgan fingerprint density at radius 3 is 2.83 bits per heavy atom. The van der Waals surface area contributed by atoms with Crippen molar-refractivity contribution in [2.75, 3.05) is 11.9 Å². The summed E-state index contributed by atoms with van der Waals surface area (Å²) in [6.45, 7) is 2.60. The number of carbonyl (C=O) groups is 1. The second-order valence-corrected chi connectivity index (χ2v) is 6.61. The van der Waals surface area contributed by atoms with E-state index in [4.69, 9.17) is 4.74 Å². The van der Waals surface area contributed by atoms with Gasteiger partial charge < -0.3 is 10.1 Å². The summed E-state index contributed by atoms with van der Waals surface area (Å²) in [6, 6.07) is 8.43. The van der Waals surface area contributed by atoms with Crippen LogP contribution in [-0.4, -0.2) is 22.3 Å². The van der Waals surface area contributed by atoms with E-state index in [0.717, 1.165) is 35.5 Å². The maximum atomic E-state index is 12.4. The Hall–Kier alpha value is -2.30. The highest BCUT2D eigenvalue weighted by Crippen LogP contribution is 2.42. The first kappa shape index (κ1) is 15.2. The van der Waals surface area contributed by atoms with Gasteiger partial charge in [0.2, 0.25) is 5.91 Å². The number of hydrogen-bond acceptors (Lipinski definition) is 3. The van der Waals surface area contributed by atoms with Gasteiger partial charge >= 0.3 is 0 Å². The molecule has 24 heavy (non-hydrogen) atoms. The van der Waals surface area contributed by atoms with E-state index in [1.807, 2.05) is 36.0 Å². The summed E-state index contributed by atoms with van der Waals surface area (Å²) in [5, 5.41) is 7.68. The molecule has 2 heterocycles. The first-order valence-corrected chi connectivity index (χ1v) is 8.87. The molecule has 2 aliphatic rings. The minimum absolute atomic E-state index is 0.00616. The van der Waals surface area contributed by atoms with E-state index < -0.39 is 0 Å². The molecule has 0 bridgehead atoms. The normalized spacial score (nSPS) is 20.7. The van der Waals surface area contributed by atoms with Crippen LogP contribution in [0.15, 0.2) is 30.5 Å². The zero-order chi connectivity index (χ0) is 16.5. The lowest BCUT2D eigenvalue weighted by Gasteiger charge is -2.26. The quantitative estimate of drug-likeness (QED) is 0.928. The molecule has 1 amide bonds. The Morgan fingerprint density at radius 2 is 2.04 bits per heavy atom. The van der Waals surface area contributed by atoms with Crippen LogP contribution in [0, 0.1) is 0 Å². The smallest absolute Gasteiger partial charge is 0.226 e. The van der Waals surface area contributed by atoms with E-state index in [-0.39, 0.29) is 11.8 Å². The summed E-state index contributed by atoms with van der Waals surface area (Å²) in [5.41, 5.74) is 2.18. The van der Waals surface area contributed by atoms with Gasteiger partial charge in [-0.2, -0.15) is 5.10 Å². The van der Waals surface area contributed by atoms with Gasteiger partial charge in [0.05, 0.1) is 18.8 Å². The maximum absolute atomic E-state index is 12.4. The van der Waals surface area contributed by atoms with Crippen molar-refractivity contribution in [1.82, 2.24) is 9.78 Å². The zero-order valence-electron chi connectivity index (χ0n) is 14.0. The molecule has 5 nitrogen and oxygen atoms in total. The van der Waals surface area contributed by atoms with Gasteiger partial charge in [-0.15, -0.1) is 0 Å². The highest BCUT2D eigenvalue weighted by Gasteiger charge is 2.33. The van der Waals surface area contributed by atoms with Gasteiger partial charge in [0, 0.05) is 23.5 Å². The highest BCUT2D eigenvalue weighted by atomic mass is 16.5. The van der Waals surface area contributed by atoms with Crippen LogP contribution in [0.2, 0.25) is 0 Å². The first-order chi connectivity index (χ1) is 11.8. The molecule has 0 radical (unpaired) electrons. The van der Waals surface area contributed by atoms with Crippen LogP contribution in [0.3, 0.4) is 0 Å². The number of carbonyl (C=O) groups excluding carboxylic acids is 1. The van der Waals surface area contributed by atoms with Gasteiger partial charge in [-0.05, 0) is 25.8 Å². The summed E-state index contributed by atoms with van der Waals surface area (Å²) in [6.07, 6.45) is 7.13. The Morgan fingerprint density at radius 1 is 1.25 bits per heavy atom. The number of anilines is 1. The fourth-order valence-corrected chi connectivity index (χ4v) is 4.00. The van der Waals surface area contributed by atoms with Crippen LogP contribution in [0.25, 0.3) is 0 Å². The Kier molecular flexibility index (Phi) is 4.00. The minimum atomic E-state index is 0.00616. The molecule has 4 rings (SSSR count). The number of para-hydroxylation sites is 1. The largest absolute Gasteiger partial charge is 0.494 e. The number of benzene rings is 1. The number of nitrogens with zero attached hydrogens (tertiary/aromatic N) is 2. The Balaban J connectivity index is 1.76. The van der Waals surface area contributed by atoms with Crippen LogP contribution in [0.5, 0.6) is 5.75 Å². The van der Waals surface area contributed by atoms with Crippen molar-refractivity contribution in [2.24, 2.45) is 0 Å². The SMILES string of the molecule is CCOc1ccccc1[C@H]1CC(=O)Nc2c1cnn2C1CCCC1. The summed E-state index contributed by atoms with van der Waals surface area (Å²) in [5.74, 6) is 1.80. The second-order valence-electron chi connectivity index (χ2n) is 6.61. The number of hydrogen-bond donors (Lipinski definition) is 1. The molecule has 0 spiro atoms. The fraction of sp³-hybridized carbons (Fsp3) is 0.474. The maximum Gasteiger partial charge on any atom is 0.226 e. The molecule has 0 unspecified atom stereocenters. The van der Waals surface area contributed by atoms with Crippen molar-refractivity contribution in [3.63, 3.8) is 0 Å². The molecule has 1 aliphatic carbocycles. The molecule has 5 heteroatoms. The van der Waals surface area contributed by atoms with Crippen molar-refractivity contribution in [2.45, 2.75) is 51.0 Å². The number of rotatable bonds is 4. The van der Waals surface area contributed by atoms with Crippen molar-refractivity contribution >= 4 is 11.7 Å². The molecule has 126 valence electrons. The topological polar surface area (TPSA) is 56.1 Å². The lowest BCUT2D eigenvalue weighted by Crippen LogP contribution is -2.26. The summed E-state index contributed by atoms with van der Waals surface area (Å²) >= 11 is 0. The third-order valence-corrected chi connectivity index (χ3v) is 5.11. The standard InChI is InChI=1S/C19H23N3O2/c1-2-24-17-10-6-5-9-14(17)15-11-18(23)21-19-16(15)12-20-22(19)13-7-3-4-8-13/h5-6,9-10,12-13,15H,2-4,7-8,11H2,1H3,(H,21,23)/t15-/m1/s1. The number of nitrogens with one attached hydrogen (secondary N) is 1. The van der Waals surface area contributed by atoms with Crippen LogP contribution in [0.4, 0.5) is 5.82 Å². The Labute approximate surface area is 142 Å². The molecule has 1 saturated carbocycles. The minimum Gasteiger partial charge on any atom is -0.494 e. The molecule has 1 N–H and O–H groups in total. The number of ether oxygens (including phenoxy) is 1. The van der Waals surface area contributed by atoms with Crippen LogP contribution in [0.1, 0.15) is 62.1 Å². The van der Waals surface area contributed by atoms with Crippen molar-refractivity contribution in [3.8, 4) is 5.75 Å². The van der Waals surface area contributed by atoms with E-state index in [2.05, 4.69) is 16.5 Å². The molecule has 1 aromatic heterocycles. The third-order valence-electron chi connectivity index (χ3n) is 5.11. The predicted molar refractivity (Wildman–Crippen MR) is 92.4 cm³/mol. The van der Waals surface area contributed by atoms with E-state index >= 15 is 0 Å². The van der Waals surface area contributed by atoms with E-state index in [9.17, 15) is 4.79 Å². The highest BCUT2D eigenvalue weighted by molar-refractivity contribution is 5.94. The van der Waals surface area contributed by atoms with E-state index in [1.54, 1.807) is 0 Å². The number of amides is 1. The average Bonchev–Trinajstić information content (AvgIpc) is 3.24. The molecule has 2 aromatic rings. The van der Waals surface area contributed by atoms with Crippen LogP contribution < -0.4 is 10.1 Å². The second kappa shape index (κ2) is 6.30. The van der Waals surface area contributed by atoms with Gasteiger partial charge in [0.25, 0.3) is 0 Å². The monoisotopic (exact) mass is 325 g/mol. The van der Waals surface area contributed by atoms with Gasteiger partial charge in [0.15, 0.2) is 0 Å². The summed E-state index contributed by atoms with van der Waals surface area (Å²) < 4.78 is 7.83. The van der Waals surface area contributed by atoms with Gasteiger partial charge in [0.1, 0.15) is 11.6 Å². The van der Waals surface area contributed by atoms with E-state index in [1.165, 1.54) is 12.8 Å².